The second kappa shape index (κ2) is 9.46. The van der Waals surface area contributed by atoms with Crippen LogP contribution >= 0.6 is 0 Å². The van der Waals surface area contributed by atoms with Crippen molar-refractivity contribution in [2.45, 2.75) is 25.5 Å². The summed E-state index contributed by atoms with van der Waals surface area (Å²) in [5.74, 6) is 2.06. The number of hydrogen-bond donors (Lipinski definition) is 1. The van der Waals surface area contributed by atoms with E-state index in [0.29, 0.717) is 30.0 Å². The molecule has 0 bridgehead atoms. The third-order valence-corrected chi connectivity index (χ3v) is 5.97. The Morgan fingerprint density at radius 1 is 1.09 bits per heavy atom. The summed E-state index contributed by atoms with van der Waals surface area (Å²) >= 11 is 0. The van der Waals surface area contributed by atoms with Crippen molar-refractivity contribution >= 4 is 11.5 Å². The van der Waals surface area contributed by atoms with E-state index in [1.165, 1.54) is 0 Å². The lowest BCUT2D eigenvalue weighted by Crippen LogP contribution is -2.40. The SMILES string of the molecule is COc1ccc(-c2nnc(N[C@@H]3CCCN(C)C3)n3nccc23)c(OCc2ccccc2)c1. The van der Waals surface area contributed by atoms with Gasteiger partial charge in [0.25, 0.3) is 0 Å². The number of likely N-dealkylation sites (N-methyl/N-ethyl adjacent to an activating group) is 1. The summed E-state index contributed by atoms with van der Waals surface area (Å²) in [7, 11) is 3.79. The van der Waals surface area contributed by atoms with Crippen LogP contribution in [-0.4, -0.2) is 58.0 Å². The zero-order chi connectivity index (χ0) is 22.6. The first-order valence-corrected chi connectivity index (χ1v) is 11.2. The minimum Gasteiger partial charge on any atom is -0.497 e. The van der Waals surface area contributed by atoms with Crippen LogP contribution < -0.4 is 14.8 Å². The Balaban J connectivity index is 1.48. The van der Waals surface area contributed by atoms with Gasteiger partial charge in [0.2, 0.25) is 5.95 Å². The van der Waals surface area contributed by atoms with Gasteiger partial charge < -0.3 is 19.7 Å². The summed E-state index contributed by atoms with van der Waals surface area (Å²) < 4.78 is 13.5. The topological polar surface area (TPSA) is 76.8 Å². The molecule has 170 valence electrons. The standard InChI is InChI=1S/C25H28N6O2/c1-30-14-6-9-19(16-30)27-25-29-28-24(22-12-13-26-31(22)25)21-11-10-20(32-2)15-23(21)33-17-18-7-4-3-5-8-18/h3-5,7-8,10-13,15,19H,6,9,14,16-17H2,1-2H3,(H,27,29)/t19-/m1/s1. The number of methoxy groups -OCH3 is 1. The van der Waals surface area contributed by atoms with Crippen LogP contribution in [0.4, 0.5) is 5.95 Å². The number of ether oxygens (including phenoxy) is 2. The highest BCUT2D eigenvalue weighted by atomic mass is 16.5. The summed E-state index contributed by atoms with van der Waals surface area (Å²) in [6.45, 7) is 2.55. The molecule has 8 heteroatoms. The van der Waals surface area contributed by atoms with Gasteiger partial charge in [0, 0.05) is 24.2 Å². The molecule has 4 aromatic rings. The van der Waals surface area contributed by atoms with Gasteiger partial charge in [-0.2, -0.15) is 9.61 Å². The smallest absolute Gasteiger partial charge is 0.244 e. The first-order valence-electron chi connectivity index (χ1n) is 11.2. The third kappa shape index (κ3) is 4.61. The molecule has 1 atom stereocenters. The van der Waals surface area contributed by atoms with E-state index in [9.17, 15) is 0 Å². The highest BCUT2D eigenvalue weighted by Gasteiger charge is 2.21. The molecule has 1 aliphatic rings. The van der Waals surface area contributed by atoms with Crippen LogP contribution in [-0.2, 0) is 6.61 Å². The number of likely N-dealkylation sites (tertiary alicyclic amines) is 1. The van der Waals surface area contributed by atoms with E-state index in [-0.39, 0.29) is 0 Å². The van der Waals surface area contributed by atoms with Crippen molar-refractivity contribution < 1.29 is 9.47 Å². The van der Waals surface area contributed by atoms with Crippen molar-refractivity contribution in [2.24, 2.45) is 0 Å². The van der Waals surface area contributed by atoms with Crippen molar-refractivity contribution in [1.29, 1.82) is 0 Å². The average molecular weight is 445 g/mol. The zero-order valence-corrected chi connectivity index (χ0v) is 18.9. The molecule has 5 rings (SSSR count). The zero-order valence-electron chi connectivity index (χ0n) is 18.9. The van der Waals surface area contributed by atoms with Gasteiger partial charge in [-0.15, -0.1) is 10.2 Å². The van der Waals surface area contributed by atoms with Crippen LogP contribution in [0.1, 0.15) is 18.4 Å². The van der Waals surface area contributed by atoms with Crippen molar-refractivity contribution in [3.63, 3.8) is 0 Å². The monoisotopic (exact) mass is 444 g/mol. The molecule has 1 saturated heterocycles. The van der Waals surface area contributed by atoms with Gasteiger partial charge in [-0.05, 0) is 50.2 Å². The van der Waals surface area contributed by atoms with Gasteiger partial charge in [0.05, 0.1) is 18.8 Å². The van der Waals surface area contributed by atoms with Gasteiger partial charge in [0.1, 0.15) is 23.8 Å². The molecule has 2 aromatic carbocycles. The first kappa shape index (κ1) is 21.2. The van der Waals surface area contributed by atoms with Gasteiger partial charge in [-0.25, -0.2) is 0 Å². The highest BCUT2D eigenvalue weighted by molar-refractivity contribution is 5.81. The molecule has 0 amide bonds. The first-order chi connectivity index (χ1) is 16.2. The fraction of sp³-hybridized carbons (Fsp3) is 0.320. The van der Waals surface area contributed by atoms with E-state index in [2.05, 4.69) is 32.6 Å². The number of rotatable bonds is 7. The molecule has 2 aromatic heterocycles. The number of fused-ring (bicyclic) bond motifs is 1. The van der Waals surface area contributed by atoms with Gasteiger partial charge in [0.15, 0.2) is 0 Å². The molecule has 1 N–H and O–H groups in total. The maximum atomic E-state index is 6.21. The molecule has 0 spiro atoms. The number of nitrogens with one attached hydrogen (secondary N) is 1. The maximum absolute atomic E-state index is 6.21. The number of nitrogens with zero attached hydrogens (tertiary/aromatic N) is 5. The number of benzene rings is 2. The molecular weight excluding hydrogens is 416 g/mol. The van der Waals surface area contributed by atoms with E-state index in [1.54, 1.807) is 13.3 Å². The summed E-state index contributed by atoms with van der Waals surface area (Å²) in [5, 5.41) is 17.2. The summed E-state index contributed by atoms with van der Waals surface area (Å²) in [6, 6.07) is 18.1. The van der Waals surface area contributed by atoms with E-state index in [0.717, 1.165) is 48.3 Å². The number of piperidine rings is 1. The minimum atomic E-state index is 0.321. The largest absolute Gasteiger partial charge is 0.497 e. The highest BCUT2D eigenvalue weighted by Crippen LogP contribution is 2.35. The Morgan fingerprint density at radius 3 is 2.79 bits per heavy atom. The van der Waals surface area contributed by atoms with Crippen LogP contribution in [0.3, 0.4) is 0 Å². The molecular formula is C25H28N6O2. The third-order valence-electron chi connectivity index (χ3n) is 5.97. The average Bonchev–Trinajstić information content (AvgIpc) is 3.34. The van der Waals surface area contributed by atoms with Gasteiger partial charge in [-0.1, -0.05) is 30.3 Å². The summed E-state index contributed by atoms with van der Waals surface area (Å²) in [4.78, 5) is 2.33. The van der Waals surface area contributed by atoms with Crippen LogP contribution in [0.2, 0.25) is 0 Å². The van der Waals surface area contributed by atoms with Crippen LogP contribution in [0, 0.1) is 0 Å². The van der Waals surface area contributed by atoms with Gasteiger partial charge in [-0.3, -0.25) is 0 Å². The minimum absolute atomic E-state index is 0.321. The fourth-order valence-electron chi connectivity index (χ4n) is 4.27. The lowest BCUT2D eigenvalue weighted by Gasteiger charge is -2.30. The summed E-state index contributed by atoms with van der Waals surface area (Å²) in [5.41, 5.74) is 3.51. The van der Waals surface area contributed by atoms with Crippen molar-refractivity contribution in [3.8, 4) is 22.8 Å². The van der Waals surface area contributed by atoms with Crippen molar-refractivity contribution in [3.05, 3.63) is 66.4 Å². The van der Waals surface area contributed by atoms with E-state index in [1.807, 2.05) is 59.1 Å². The molecule has 1 aliphatic heterocycles. The number of hydrogen-bond acceptors (Lipinski definition) is 7. The Morgan fingerprint density at radius 2 is 1.97 bits per heavy atom. The van der Waals surface area contributed by atoms with E-state index >= 15 is 0 Å². The van der Waals surface area contributed by atoms with Crippen molar-refractivity contribution in [2.75, 3.05) is 32.6 Å². The Kier molecular flexibility index (Phi) is 6.08. The quantitative estimate of drug-likeness (QED) is 0.463. The normalized spacial score (nSPS) is 16.6. The van der Waals surface area contributed by atoms with Crippen LogP contribution in [0.5, 0.6) is 11.5 Å². The van der Waals surface area contributed by atoms with Crippen LogP contribution in [0.25, 0.3) is 16.8 Å². The second-order valence-corrected chi connectivity index (χ2v) is 8.38. The Bertz CT molecular complexity index is 1230. The Labute approximate surface area is 193 Å². The molecule has 0 aliphatic carbocycles. The second-order valence-electron chi connectivity index (χ2n) is 8.38. The maximum Gasteiger partial charge on any atom is 0.244 e. The molecule has 0 unspecified atom stereocenters. The molecule has 0 saturated carbocycles. The summed E-state index contributed by atoms with van der Waals surface area (Å²) in [6.07, 6.45) is 4.04. The van der Waals surface area contributed by atoms with Crippen molar-refractivity contribution in [1.82, 2.24) is 24.7 Å². The van der Waals surface area contributed by atoms with Gasteiger partial charge >= 0.3 is 0 Å². The predicted octanol–water partition coefficient (Wildman–Crippen LogP) is 3.89. The fourth-order valence-corrected chi connectivity index (χ4v) is 4.27. The lowest BCUT2D eigenvalue weighted by atomic mass is 10.1. The van der Waals surface area contributed by atoms with Crippen LogP contribution in [0.15, 0.2) is 60.8 Å². The number of aromatic nitrogens is 4. The van der Waals surface area contributed by atoms with E-state index < -0.39 is 0 Å². The molecule has 0 radical (unpaired) electrons. The predicted molar refractivity (Wildman–Crippen MR) is 128 cm³/mol. The molecule has 8 nitrogen and oxygen atoms in total. The Hall–Kier alpha value is -3.65. The lowest BCUT2D eigenvalue weighted by molar-refractivity contribution is 0.260. The molecule has 33 heavy (non-hydrogen) atoms. The molecule has 3 heterocycles. The molecule has 1 fully saturated rings. The number of anilines is 1. The van der Waals surface area contributed by atoms with E-state index in [4.69, 9.17) is 9.47 Å².